The number of anilines is 1. The SMILES string of the molecule is CCc1ccc2nc(N(CCN3CCOCC3)C(=O)CCc3ccccc3)sc2c1.Cl. The fourth-order valence-corrected chi connectivity index (χ4v) is 4.79. The van der Waals surface area contributed by atoms with Crippen molar-refractivity contribution in [3.8, 4) is 0 Å². The van der Waals surface area contributed by atoms with Gasteiger partial charge in [0.15, 0.2) is 5.13 Å². The number of aromatic nitrogens is 1. The number of nitrogens with zero attached hydrogens (tertiary/aromatic N) is 3. The second-order valence-corrected chi connectivity index (χ2v) is 8.65. The second-order valence-electron chi connectivity index (χ2n) is 7.64. The molecule has 0 saturated carbocycles. The Balaban J connectivity index is 0.00000272. The van der Waals surface area contributed by atoms with Gasteiger partial charge in [-0.15, -0.1) is 12.4 Å². The molecule has 5 nitrogen and oxygen atoms in total. The zero-order valence-corrected chi connectivity index (χ0v) is 19.6. The van der Waals surface area contributed by atoms with Crippen molar-refractivity contribution >= 4 is 45.0 Å². The number of morpholine rings is 1. The molecule has 31 heavy (non-hydrogen) atoms. The molecule has 0 radical (unpaired) electrons. The summed E-state index contributed by atoms with van der Waals surface area (Å²) in [4.78, 5) is 22.3. The van der Waals surface area contributed by atoms with Gasteiger partial charge in [-0.2, -0.15) is 0 Å². The van der Waals surface area contributed by atoms with Crippen LogP contribution < -0.4 is 4.90 Å². The van der Waals surface area contributed by atoms with E-state index in [1.54, 1.807) is 11.3 Å². The van der Waals surface area contributed by atoms with Crippen LogP contribution in [0.4, 0.5) is 5.13 Å². The number of aryl methyl sites for hydroxylation is 2. The largest absolute Gasteiger partial charge is 0.379 e. The summed E-state index contributed by atoms with van der Waals surface area (Å²) in [5.74, 6) is 0.141. The molecule has 0 N–H and O–H groups in total. The maximum Gasteiger partial charge on any atom is 0.229 e. The Morgan fingerprint density at radius 2 is 1.90 bits per heavy atom. The number of carbonyl (C=O) groups excluding carboxylic acids is 1. The first-order valence-corrected chi connectivity index (χ1v) is 11.6. The minimum Gasteiger partial charge on any atom is -0.379 e. The Hall–Kier alpha value is -1.99. The highest BCUT2D eigenvalue weighted by molar-refractivity contribution is 7.22. The summed E-state index contributed by atoms with van der Waals surface area (Å²) in [6.45, 7) is 7.04. The van der Waals surface area contributed by atoms with E-state index in [1.807, 2.05) is 23.1 Å². The predicted molar refractivity (Wildman–Crippen MR) is 131 cm³/mol. The Bertz CT molecular complexity index is 973. The van der Waals surface area contributed by atoms with Crippen LogP contribution in [-0.4, -0.2) is 55.2 Å². The number of halogens is 1. The van der Waals surface area contributed by atoms with Crippen molar-refractivity contribution in [3.05, 3.63) is 59.7 Å². The smallest absolute Gasteiger partial charge is 0.229 e. The number of benzene rings is 2. The van der Waals surface area contributed by atoms with Crippen molar-refractivity contribution in [2.45, 2.75) is 26.2 Å². The highest BCUT2D eigenvalue weighted by Crippen LogP contribution is 2.30. The highest BCUT2D eigenvalue weighted by Gasteiger charge is 2.21. The minimum atomic E-state index is 0. The summed E-state index contributed by atoms with van der Waals surface area (Å²) in [6, 6.07) is 16.6. The Kier molecular flexibility index (Phi) is 8.84. The summed E-state index contributed by atoms with van der Waals surface area (Å²) < 4.78 is 6.60. The molecule has 166 valence electrons. The lowest BCUT2D eigenvalue weighted by molar-refractivity contribution is -0.118. The van der Waals surface area contributed by atoms with Gasteiger partial charge in [0.05, 0.1) is 23.4 Å². The zero-order chi connectivity index (χ0) is 20.8. The molecule has 1 fully saturated rings. The van der Waals surface area contributed by atoms with Crippen molar-refractivity contribution in [1.29, 1.82) is 0 Å². The van der Waals surface area contributed by atoms with E-state index >= 15 is 0 Å². The third kappa shape index (κ3) is 6.26. The molecule has 2 heterocycles. The molecule has 3 aromatic rings. The van der Waals surface area contributed by atoms with Gasteiger partial charge in [-0.05, 0) is 36.1 Å². The first-order valence-electron chi connectivity index (χ1n) is 10.8. The molecule has 1 saturated heterocycles. The lowest BCUT2D eigenvalue weighted by atomic mass is 10.1. The molecule has 0 aliphatic carbocycles. The van der Waals surface area contributed by atoms with Crippen molar-refractivity contribution in [2.75, 3.05) is 44.3 Å². The zero-order valence-electron chi connectivity index (χ0n) is 18.0. The van der Waals surface area contributed by atoms with Gasteiger partial charge in [0.25, 0.3) is 0 Å². The van der Waals surface area contributed by atoms with Crippen LogP contribution in [0.1, 0.15) is 24.5 Å². The van der Waals surface area contributed by atoms with E-state index in [0.29, 0.717) is 13.0 Å². The molecule has 0 atom stereocenters. The number of carbonyl (C=O) groups is 1. The van der Waals surface area contributed by atoms with Crippen LogP contribution in [-0.2, 0) is 22.4 Å². The lowest BCUT2D eigenvalue weighted by Gasteiger charge is -2.29. The molecule has 1 aromatic heterocycles. The predicted octanol–water partition coefficient (Wildman–Crippen LogP) is 4.58. The van der Waals surface area contributed by atoms with Gasteiger partial charge in [-0.1, -0.05) is 54.7 Å². The van der Waals surface area contributed by atoms with Gasteiger partial charge in [0.2, 0.25) is 5.91 Å². The van der Waals surface area contributed by atoms with Crippen molar-refractivity contribution in [2.24, 2.45) is 0 Å². The molecule has 4 rings (SSSR count). The molecule has 1 amide bonds. The number of thiazole rings is 1. The van der Waals surface area contributed by atoms with E-state index in [4.69, 9.17) is 9.72 Å². The topological polar surface area (TPSA) is 45.7 Å². The summed E-state index contributed by atoms with van der Waals surface area (Å²) >= 11 is 1.62. The van der Waals surface area contributed by atoms with E-state index in [1.165, 1.54) is 11.1 Å². The molecular formula is C24H30ClN3O2S. The number of fused-ring (bicyclic) bond motifs is 1. The van der Waals surface area contributed by atoms with Gasteiger partial charge in [0, 0.05) is 32.6 Å². The third-order valence-electron chi connectivity index (χ3n) is 5.60. The number of hydrogen-bond donors (Lipinski definition) is 0. The first kappa shape index (κ1) is 23.7. The standard InChI is InChI=1S/C24H29N3O2S.ClH/c1-2-19-8-10-21-22(18-19)30-24(25-21)27(13-12-26-14-16-29-17-15-26)23(28)11-9-20-6-4-3-5-7-20;/h3-8,10,18H,2,9,11-17H2,1H3;1H. The Morgan fingerprint density at radius 3 is 2.65 bits per heavy atom. The third-order valence-corrected chi connectivity index (χ3v) is 6.64. The summed E-state index contributed by atoms with van der Waals surface area (Å²) in [7, 11) is 0. The van der Waals surface area contributed by atoms with Crippen LogP contribution in [0.3, 0.4) is 0 Å². The van der Waals surface area contributed by atoms with Gasteiger partial charge >= 0.3 is 0 Å². The number of amides is 1. The fraction of sp³-hybridized carbons (Fsp3) is 0.417. The number of hydrogen-bond acceptors (Lipinski definition) is 5. The lowest BCUT2D eigenvalue weighted by Crippen LogP contribution is -2.43. The van der Waals surface area contributed by atoms with Crippen molar-refractivity contribution in [1.82, 2.24) is 9.88 Å². The average molecular weight is 460 g/mol. The summed E-state index contributed by atoms with van der Waals surface area (Å²) in [5, 5.41) is 0.810. The highest BCUT2D eigenvalue weighted by atomic mass is 35.5. The summed E-state index contributed by atoms with van der Waals surface area (Å²) in [6.07, 6.45) is 2.24. The second kappa shape index (κ2) is 11.6. The van der Waals surface area contributed by atoms with Gasteiger partial charge < -0.3 is 4.74 Å². The first-order chi connectivity index (χ1) is 14.7. The van der Waals surface area contributed by atoms with Crippen LogP contribution in [0.25, 0.3) is 10.2 Å². The van der Waals surface area contributed by atoms with E-state index in [2.05, 4.69) is 42.2 Å². The Labute approximate surface area is 194 Å². The molecule has 1 aliphatic heterocycles. The fourth-order valence-electron chi connectivity index (χ4n) is 3.72. The monoisotopic (exact) mass is 459 g/mol. The molecule has 0 spiro atoms. The van der Waals surface area contributed by atoms with Crippen molar-refractivity contribution in [3.63, 3.8) is 0 Å². The molecule has 7 heteroatoms. The molecule has 0 bridgehead atoms. The summed E-state index contributed by atoms with van der Waals surface area (Å²) in [5.41, 5.74) is 3.46. The maximum absolute atomic E-state index is 13.2. The normalized spacial score (nSPS) is 14.4. The van der Waals surface area contributed by atoms with Gasteiger partial charge in [0.1, 0.15) is 0 Å². The Morgan fingerprint density at radius 1 is 1.13 bits per heavy atom. The quantitative estimate of drug-likeness (QED) is 0.494. The number of ether oxygens (including phenoxy) is 1. The average Bonchev–Trinajstić information content (AvgIpc) is 3.22. The van der Waals surface area contributed by atoms with E-state index in [9.17, 15) is 4.79 Å². The molecule has 2 aromatic carbocycles. The van der Waals surface area contributed by atoms with Crippen LogP contribution in [0.2, 0.25) is 0 Å². The van der Waals surface area contributed by atoms with E-state index in [0.717, 1.165) is 61.0 Å². The van der Waals surface area contributed by atoms with Crippen LogP contribution >= 0.6 is 23.7 Å². The van der Waals surface area contributed by atoms with Crippen molar-refractivity contribution < 1.29 is 9.53 Å². The van der Waals surface area contributed by atoms with Gasteiger partial charge in [-0.25, -0.2) is 4.98 Å². The molecule has 0 unspecified atom stereocenters. The van der Waals surface area contributed by atoms with Crippen LogP contribution in [0.15, 0.2) is 48.5 Å². The minimum absolute atomic E-state index is 0. The van der Waals surface area contributed by atoms with Gasteiger partial charge in [-0.3, -0.25) is 14.6 Å². The van der Waals surface area contributed by atoms with E-state index in [-0.39, 0.29) is 18.3 Å². The number of rotatable bonds is 8. The maximum atomic E-state index is 13.2. The molecule has 1 aliphatic rings. The van der Waals surface area contributed by atoms with Crippen LogP contribution in [0, 0.1) is 0 Å². The van der Waals surface area contributed by atoms with E-state index < -0.39 is 0 Å². The van der Waals surface area contributed by atoms with Crippen LogP contribution in [0.5, 0.6) is 0 Å². The molecular weight excluding hydrogens is 430 g/mol.